The van der Waals surface area contributed by atoms with E-state index in [1.807, 2.05) is 136 Å². The highest BCUT2D eigenvalue weighted by molar-refractivity contribution is 8.77. The summed E-state index contributed by atoms with van der Waals surface area (Å²) >= 11 is 0. The van der Waals surface area contributed by atoms with E-state index in [0.29, 0.717) is 98.4 Å². The number of aromatic amines is 1. The number of pyridine rings is 2. The fourth-order valence-corrected chi connectivity index (χ4v) is 15.8. The van der Waals surface area contributed by atoms with Crippen molar-refractivity contribution in [3.8, 4) is 0 Å². The summed E-state index contributed by atoms with van der Waals surface area (Å²) in [5.41, 5.74) is 8.80. The smallest absolute Gasteiger partial charge is 0.411 e. The average Bonchev–Trinajstić information content (AvgIpc) is 1.01. The molecule has 4 N–H and O–H groups in total. The number of rotatable bonds is 24. The van der Waals surface area contributed by atoms with Crippen LogP contribution < -0.4 is 16.9 Å². The molecule has 580 valence electrons. The number of carbonyl (C=O) groups excluding carboxylic acids is 5. The van der Waals surface area contributed by atoms with Crippen molar-refractivity contribution in [3.05, 3.63) is 259 Å². The summed E-state index contributed by atoms with van der Waals surface area (Å²) in [5.74, 6) is -1.43. The van der Waals surface area contributed by atoms with Crippen LogP contribution in [0.15, 0.2) is 212 Å². The van der Waals surface area contributed by atoms with Gasteiger partial charge in [0.1, 0.15) is 35.0 Å². The molecule has 29 heteroatoms. The number of H-pyrrole nitrogens is 1. The molecule has 0 bridgehead atoms. The minimum atomic E-state index is -0.632. The Kier molecular flexibility index (Phi) is 29.9. The Bertz CT molecular complexity index is 4930. The van der Waals surface area contributed by atoms with Crippen molar-refractivity contribution >= 4 is 94.4 Å². The van der Waals surface area contributed by atoms with E-state index in [1.54, 1.807) is 124 Å². The van der Waals surface area contributed by atoms with Crippen LogP contribution in [0.5, 0.6) is 0 Å². The van der Waals surface area contributed by atoms with Crippen molar-refractivity contribution in [1.82, 2.24) is 64.2 Å². The third kappa shape index (κ3) is 23.6. The van der Waals surface area contributed by atoms with E-state index in [0.717, 1.165) is 80.7 Å². The first-order chi connectivity index (χ1) is 53.8. The van der Waals surface area contributed by atoms with Gasteiger partial charge in [-0.2, -0.15) is 10.2 Å². The molecule has 0 unspecified atom stereocenters. The van der Waals surface area contributed by atoms with Crippen LogP contribution in [0.4, 0.5) is 13.6 Å². The summed E-state index contributed by atoms with van der Waals surface area (Å²) in [4.78, 5) is 114. The van der Waals surface area contributed by atoms with E-state index < -0.39 is 23.6 Å². The van der Waals surface area contributed by atoms with Crippen molar-refractivity contribution in [2.45, 2.75) is 78.3 Å². The van der Waals surface area contributed by atoms with Gasteiger partial charge < -0.3 is 45.0 Å². The van der Waals surface area contributed by atoms with Gasteiger partial charge in [0.25, 0.3) is 22.9 Å². The zero-order chi connectivity index (χ0) is 78.3. The molecule has 23 nitrogen and oxygen atoms in total. The number of ether oxygens (including phenoxy) is 1. The molecule has 5 amide bonds. The average molecular weight is 1580 g/mol. The largest absolute Gasteiger partial charge is 0.445 e. The van der Waals surface area contributed by atoms with E-state index in [9.17, 15) is 38.0 Å². The second-order valence-electron chi connectivity index (χ2n) is 27.6. The molecule has 4 fully saturated rings. The maximum absolute atomic E-state index is 15.2. The molecule has 0 radical (unpaired) electrons. The molecule has 4 aromatic heterocycles. The Morgan fingerprint density at radius 1 is 0.523 bits per heavy atom. The van der Waals surface area contributed by atoms with Crippen molar-refractivity contribution in [2.75, 3.05) is 107 Å². The van der Waals surface area contributed by atoms with Crippen LogP contribution in [0.3, 0.4) is 0 Å². The van der Waals surface area contributed by atoms with E-state index in [4.69, 9.17) is 20.7 Å². The lowest BCUT2D eigenvalue weighted by Gasteiger charge is -2.35. The molecule has 6 aromatic carbocycles. The molecular weight excluding hydrogens is 1490 g/mol. The maximum atomic E-state index is 15.2. The Balaban J connectivity index is 0.000000186. The molecule has 2 saturated carbocycles. The quantitative estimate of drug-likeness (QED) is 0.0474. The molecule has 4 aliphatic rings. The van der Waals surface area contributed by atoms with Crippen molar-refractivity contribution in [3.63, 3.8) is 0 Å². The number of likely N-dealkylation sites (N-methyl/N-ethyl adjacent to an activating group) is 2. The molecule has 2 aliphatic carbocycles. The van der Waals surface area contributed by atoms with Gasteiger partial charge in [-0.05, 0) is 183 Å². The molecule has 0 spiro atoms. The van der Waals surface area contributed by atoms with Gasteiger partial charge >= 0.3 is 6.09 Å². The lowest BCUT2D eigenvalue weighted by molar-refractivity contribution is -0.134. The van der Waals surface area contributed by atoms with Crippen LogP contribution in [0.1, 0.15) is 80.0 Å². The number of nitrogens with two attached hydrogens (primary N) is 1. The van der Waals surface area contributed by atoms with Crippen molar-refractivity contribution < 1.29 is 42.6 Å². The summed E-state index contributed by atoms with van der Waals surface area (Å²) < 4.78 is 36.8. The third-order valence-corrected chi connectivity index (χ3v) is 23.3. The first-order valence-corrected chi connectivity index (χ1v) is 41.0. The molecule has 0 atom stereocenters. The minimum absolute atomic E-state index is 0.0122. The van der Waals surface area contributed by atoms with Gasteiger partial charge in [0, 0.05) is 136 Å². The van der Waals surface area contributed by atoms with Gasteiger partial charge in [-0.1, -0.05) is 107 Å². The Morgan fingerprint density at radius 3 is 1.41 bits per heavy atom. The molecule has 14 rings (SSSR count). The Morgan fingerprint density at radius 2 is 0.964 bits per heavy atom. The van der Waals surface area contributed by atoms with Crippen LogP contribution in [-0.4, -0.2) is 206 Å². The normalized spacial score (nSPS) is 14.1. The van der Waals surface area contributed by atoms with Gasteiger partial charge in [0.05, 0.1) is 39.9 Å². The van der Waals surface area contributed by atoms with Crippen LogP contribution in [0.2, 0.25) is 0 Å². The molecule has 111 heavy (non-hydrogen) atoms. The number of benzene rings is 6. The predicted octanol–water partition coefficient (Wildman–Crippen LogP) is 11.4. The fraction of sp³-hybridized carbons (Fsp3) is 0.329. The summed E-state index contributed by atoms with van der Waals surface area (Å²) in [6.07, 6.45) is 7.24. The Hall–Kier alpha value is -9.85. The molecular formula is C82H90F2N14O9S4. The first kappa shape index (κ1) is 82.1. The number of hydrogen-bond acceptors (Lipinski definition) is 20. The zero-order valence-electron chi connectivity index (χ0n) is 62.4. The number of amides is 5. The highest BCUT2D eigenvalue weighted by atomic mass is 33.1. The van der Waals surface area contributed by atoms with Gasteiger partial charge in [0.15, 0.2) is 0 Å². The predicted molar refractivity (Wildman–Crippen MR) is 431 cm³/mol. The second-order valence-corrected chi connectivity index (χ2v) is 32.0. The van der Waals surface area contributed by atoms with Gasteiger partial charge in [-0.25, -0.2) is 33.3 Å². The standard InChI is InChI=1S/C42H44FN7O5S2.C24H23FN4O3.C12H11NOS2.C4H12N2/c1-46(2)19-20-49(42(54)55-27-29-10-15-32(16-11-29)56-57-38-9-5-6-18-44-38)28-50-41(53)34-8-4-3-7-33(34)37(45-50)26-30-12-17-36(43)35(25-30)40(52)48-23-21-47(22-24-48)39(51)31-13-14-31;25-20-8-5-15(14-21-17-3-1-2-4-18(17)22(30)27-26-21)13-19(20)24(32)29-11-9-28(10-12-29)23(31)16-6-7-16;14-9-10-4-6-11(7-5-10)15-16-12-3-1-2-8-13-12;1-6(2)4-3-5/h3-12,15-18,25,31H,13-14,19-24,26-28H2,1-2H3;1-5,8,13,16H,6-7,9-12,14H2,(H,27,30);1-8,14H,9H2;3-5H2,1-2H3. The first-order valence-electron chi connectivity index (χ1n) is 36.7. The number of piperazine rings is 2. The number of carbonyl (C=O) groups is 5. The maximum Gasteiger partial charge on any atom is 0.411 e. The van der Waals surface area contributed by atoms with E-state index in [1.165, 1.54) is 27.8 Å². The molecule has 2 aliphatic heterocycles. The van der Waals surface area contributed by atoms with Crippen molar-refractivity contribution in [2.24, 2.45) is 17.6 Å². The van der Waals surface area contributed by atoms with Gasteiger partial charge in [0.2, 0.25) is 11.8 Å². The number of aromatic nitrogens is 6. The topological polar surface area (TPSA) is 270 Å². The van der Waals surface area contributed by atoms with E-state index in [-0.39, 0.29) is 84.7 Å². The minimum Gasteiger partial charge on any atom is -0.445 e. The monoisotopic (exact) mass is 1580 g/mol. The van der Waals surface area contributed by atoms with Crippen LogP contribution in [-0.2, 0) is 47.1 Å². The Labute approximate surface area is 659 Å². The van der Waals surface area contributed by atoms with Crippen LogP contribution in [0, 0.1) is 23.5 Å². The second kappa shape index (κ2) is 40.4. The SMILES string of the molecule is CN(C)CCN.CN(C)CCN(Cn1nc(Cc2ccc(F)c(C(=O)N3CCN(C(=O)C4CC4)CC3)c2)c2ccccc2c1=O)C(=O)OCc1ccc(SSc2ccccn2)cc1.O=C(c1cc(Cc2n[nH]c(=O)c3ccccc23)ccc1F)N1CCN(C(=O)C2CC2)CC1.OCc1ccc(SSc2ccccn2)cc1. The van der Waals surface area contributed by atoms with Gasteiger partial charge in [-0.15, -0.1) is 0 Å². The summed E-state index contributed by atoms with van der Waals surface area (Å²) in [5, 5.41) is 24.5. The van der Waals surface area contributed by atoms with E-state index >= 15 is 4.39 Å². The van der Waals surface area contributed by atoms with Crippen molar-refractivity contribution in [1.29, 1.82) is 0 Å². The highest BCUT2D eigenvalue weighted by Crippen LogP contribution is 2.38. The molecule has 6 heterocycles. The molecule has 10 aromatic rings. The number of fused-ring (bicyclic) bond motifs is 2. The zero-order valence-corrected chi connectivity index (χ0v) is 65.6. The van der Waals surface area contributed by atoms with Gasteiger partial charge in [-0.3, -0.25) is 33.7 Å². The molecule has 2 saturated heterocycles. The number of nitrogens with zero attached hydrogens (tertiary/aromatic N) is 12. The van der Waals surface area contributed by atoms with E-state index in [2.05, 4.69) is 25.1 Å². The number of hydrogen-bond donors (Lipinski definition) is 3. The van der Waals surface area contributed by atoms with Crippen LogP contribution >= 0.6 is 43.2 Å². The number of nitrogens with one attached hydrogen (secondary N) is 1. The lowest BCUT2D eigenvalue weighted by Crippen LogP contribution is -2.51. The summed E-state index contributed by atoms with van der Waals surface area (Å²) in [6, 6.07) is 50.4. The summed E-state index contributed by atoms with van der Waals surface area (Å²) in [6.45, 7) is 5.80. The lowest BCUT2D eigenvalue weighted by atomic mass is 10.0. The fourth-order valence-electron chi connectivity index (χ4n) is 12.2. The number of aliphatic hydroxyl groups is 1. The number of halogens is 2. The highest BCUT2D eigenvalue weighted by Gasteiger charge is 2.37. The summed E-state index contributed by atoms with van der Waals surface area (Å²) in [7, 11) is 14.2. The number of aliphatic hydroxyl groups excluding tert-OH is 1. The third-order valence-electron chi connectivity index (χ3n) is 18.7. The van der Waals surface area contributed by atoms with Crippen LogP contribution in [0.25, 0.3) is 21.5 Å².